The fourth-order valence-corrected chi connectivity index (χ4v) is 5.75. The highest BCUT2D eigenvalue weighted by molar-refractivity contribution is 8.18. The molecule has 3 heterocycles. The van der Waals surface area contributed by atoms with Crippen LogP contribution in [0.3, 0.4) is 0 Å². The summed E-state index contributed by atoms with van der Waals surface area (Å²) in [5.41, 5.74) is 1.21. The lowest BCUT2D eigenvalue weighted by atomic mass is 10.0. The van der Waals surface area contributed by atoms with E-state index in [0.29, 0.717) is 53.0 Å². The number of hydrogen-bond donors (Lipinski definition) is 2. The molecule has 1 aromatic rings. The zero-order valence-electron chi connectivity index (χ0n) is 19.1. The number of imide groups is 1. The topological polar surface area (TPSA) is 102 Å². The Labute approximate surface area is 218 Å². The SMILES string of the molecule is O=C(CN1C(=O)SC(=C2CCN(C(=O)c3ccc(Cl)cc3Cl)CC2)C1=O)NCCN1CCNCC1. The van der Waals surface area contributed by atoms with Crippen LogP contribution in [-0.4, -0.2) is 96.6 Å². The van der Waals surface area contributed by atoms with E-state index in [0.717, 1.165) is 55.0 Å². The molecule has 0 aliphatic carbocycles. The maximum Gasteiger partial charge on any atom is 0.294 e. The summed E-state index contributed by atoms with van der Waals surface area (Å²) in [6, 6.07) is 4.75. The molecule has 3 aliphatic rings. The van der Waals surface area contributed by atoms with Gasteiger partial charge in [0.2, 0.25) is 5.91 Å². The van der Waals surface area contributed by atoms with Crippen LogP contribution < -0.4 is 10.6 Å². The van der Waals surface area contributed by atoms with E-state index in [1.807, 2.05) is 0 Å². The summed E-state index contributed by atoms with van der Waals surface area (Å²) in [5.74, 6) is -0.988. The Balaban J connectivity index is 1.29. The van der Waals surface area contributed by atoms with Crippen LogP contribution in [0.15, 0.2) is 28.7 Å². The Morgan fingerprint density at radius 3 is 2.46 bits per heavy atom. The number of halogens is 2. The summed E-state index contributed by atoms with van der Waals surface area (Å²) in [6.45, 7) is 5.46. The van der Waals surface area contributed by atoms with Crippen molar-refractivity contribution in [1.82, 2.24) is 25.3 Å². The Bertz CT molecular complexity index is 1050. The lowest BCUT2D eigenvalue weighted by molar-refractivity contribution is -0.129. The third-order valence-corrected chi connectivity index (χ3v) is 7.86. The van der Waals surface area contributed by atoms with Gasteiger partial charge in [0, 0.05) is 57.4 Å². The molecule has 35 heavy (non-hydrogen) atoms. The highest BCUT2D eigenvalue weighted by atomic mass is 35.5. The molecule has 0 aromatic heterocycles. The predicted octanol–water partition coefficient (Wildman–Crippen LogP) is 2.20. The molecule has 3 aliphatic heterocycles. The van der Waals surface area contributed by atoms with Crippen LogP contribution in [0, 0.1) is 0 Å². The van der Waals surface area contributed by atoms with Gasteiger partial charge in [-0.15, -0.1) is 0 Å². The zero-order valence-corrected chi connectivity index (χ0v) is 21.5. The monoisotopic (exact) mass is 539 g/mol. The number of piperazine rings is 1. The van der Waals surface area contributed by atoms with Gasteiger partial charge in [-0.1, -0.05) is 23.2 Å². The van der Waals surface area contributed by atoms with Gasteiger partial charge in [0.25, 0.3) is 17.1 Å². The van der Waals surface area contributed by atoms with Crippen molar-refractivity contribution < 1.29 is 19.2 Å². The molecule has 4 amide bonds. The lowest BCUT2D eigenvalue weighted by Crippen LogP contribution is -2.47. The molecule has 3 saturated heterocycles. The Morgan fingerprint density at radius 2 is 1.77 bits per heavy atom. The van der Waals surface area contributed by atoms with E-state index < -0.39 is 11.1 Å². The van der Waals surface area contributed by atoms with Crippen molar-refractivity contribution >= 4 is 57.9 Å². The minimum Gasteiger partial charge on any atom is -0.353 e. The molecule has 12 heteroatoms. The summed E-state index contributed by atoms with van der Waals surface area (Å²) in [6.07, 6.45) is 0.950. The van der Waals surface area contributed by atoms with Gasteiger partial charge in [-0.05, 0) is 48.4 Å². The van der Waals surface area contributed by atoms with Crippen LogP contribution in [0.1, 0.15) is 23.2 Å². The summed E-state index contributed by atoms with van der Waals surface area (Å²) < 4.78 is 0. The molecule has 4 rings (SSSR count). The first-order valence-corrected chi connectivity index (χ1v) is 13.1. The third kappa shape index (κ3) is 6.37. The van der Waals surface area contributed by atoms with Gasteiger partial charge in [0.15, 0.2) is 0 Å². The first-order chi connectivity index (χ1) is 16.8. The number of hydrogen-bond acceptors (Lipinski definition) is 7. The lowest BCUT2D eigenvalue weighted by Gasteiger charge is -2.29. The van der Waals surface area contributed by atoms with Crippen molar-refractivity contribution in [2.75, 3.05) is 58.9 Å². The molecule has 3 fully saturated rings. The fourth-order valence-electron chi connectivity index (χ4n) is 4.28. The van der Waals surface area contributed by atoms with Gasteiger partial charge in [-0.2, -0.15) is 0 Å². The number of nitrogens with one attached hydrogen (secondary N) is 2. The van der Waals surface area contributed by atoms with E-state index in [1.165, 1.54) is 6.07 Å². The molecule has 0 spiro atoms. The van der Waals surface area contributed by atoms with E-state index in [2.05, 4.69) is 15.5 Å². The van der Waals surface area contributed by atoms with Crippen molar-refractivity contribution in [1.29, 1.82) is 0 Å². The van der Waals surface area contributed by atoms with Crippen molar-refractivity contribution in [3.8, 4) is 0 Å². The molecule has 0 unspecified atom stereocenters. The summed E-state index contributed by atoms with van der Waals surface area (Å²) in [5, 5.41) is 6.38. The summed E-state index contributed by atoms with van der Waals surface area (Å²) in [7, 11) is 0. The number of carbonyl (C=O) groups excluding carboxylic acids is 4. The number of carbonyl (C=O) groups is 4. The summed E-state index contributed by atoms with van der Waals surface area (Å²) >= 11 is 13.0. The van der Waals surface area contributed by atoms with Gasteiger partial charge in [-0.25, -0.2) is 0 Å². The quantitative estimate of drug-likeness (QED) is 0.534. The van der Waals surface area contributed by atoms with E-state index in [9.17, 15) is 19.2 Å². The molecule has 1 aromatic carbocycles. The van der Waals surface area contributed by atoms with Gasteiger partial charge in [-0.3, -0.25) is 29.0 Å². The van der Waals surface area contributed by atoms with Crippen LogP contribution in [0.25, 0.3) is 0 Å². The normalized spacial score (nSPS) is 19.5. The maximum atomic E-state index is 12.9. The fraction of sp³-hybridized carbons (Fsp3) is 0.478. The molecular weight excluding hydrogens is 513 g/mol. The van der Waals surface area contributed by atoms with E-state index >= 15 is 0 Å². The van der Waals surface area contributed by atoms with Crippen LogP contribution in [0.2, 0.25) is 10.0 Å². The third-order valence-electron chi connectivity index (χ3n) is 6.25. The van der Waals surface area contributed by atoms with Crippen molar-refractivity contribution in [2.24, 2.45) is 0 Å². The first-order valence-electron chi connectivity index (χ1n) is 11.5. The number of piperidine rings is 1. The van der Waals surface area contributed by atoms with Crippen LogP contribution in [-0.2, 0) is 9.59 Å². The average molecular weight is 540 g/mol. The van der Waals surface area contributed by atoms with Gasteiger partial charge in [0.05, 0.1) is 15.5 Å². The standard InChI is InChI=1S/C23H27Cl2N5O4S/c24-16-1-2-17(18(25)13-16)21(32)29-8-3-15(4-9-29)20-22(33)30(23(34)35-20)14-19(31)27-7-12-28-10-5-26-6-11-28/h1-2,13,26H,3-12,14H2,(H,27,31). The Morgan fingerprint density at radius 1 is 1.06 bits per heavy atom. The molecule has 0 atom stereocenters. The van der Waals surface area contributed by atoms with Crippen LogP contribution in [0.4, 0.5) is 4.79 Å². The average Bonchev–Trinajstić information content (AvgIpc) is 3.13. The minimum absolute atomic E-state index is 0.198. The number of thioether (sulfide) groups is 1. The number of benzene rings is 1. The maximum absolute atomic E-state index is 12.9. The second-order valence-corrected chi connectivity index (χ2v) is 10.4. The van der Waals surface area contributed by atoms with Crippen molar-refractivity contribution in [3.63, 3.8) is 0 Å². The number of nitrogens with zero attached hydrogens (tertiary/aromatic N) is 3. The molecular formula is C23H27Cl2N5O4S. The molecule has 0 radical (unpaired) electrons. The number of likely N-dealkylation sites (tertiary alicyclic amines) is 1. The predicted molar refractivity (Wildman–Crippen MR) is 136 cm³/mol. The van der Waals surface area contributed by atoms with E-state index in [-0.39, 0.29) is 18.4 Å². The molecule has 0 saturated carbocycles. The molecule has 0 bridgehead atoms. The Hall–Kier alpha value is -2.11. The zero-order chi connectivity index (χ0) is 24.9. The molecule has 2 N–H and O–H groups in total. The van der Waals surface area contributed by atoms with E-state index in [1.54, 1.807) is 17.0 Å². The summed E-state index contributed by atoms with van der Waals surface area (Å²) in [4.78, 5) is 55.8. The highest BCUT2D eigenvalue weighted by Crippen LogP contribution is 2.36. The van der Waals surface area contributed by atoms with E-state index in [4.69, 9.17) is 23.2 Å². The van der Waals surface area contributed by atoms with Gasteiger partial charge >= 0.3 is 0 Å². The van der Waals surface area contributed by atoms with Crippen molar-refractivity contribution in [3.05, 3.63) is 44.3 Å². The number of rotatable bonds is 6. The van der Waals surface area contributed by atoms with Crippen LogP contribution in [0.5, 0.6) is 0 Å². The van der Waals surface area contributed by atoms with Crippen molar-refractivity contribution in [2.45, 2.75) is 12.8 Å². The highest BCUT2D eigenvalue weighted by Gasteiger charge is 2.39. The minimum atomic E-state index is -0.443. The van der Waals surface area contributed by atoms with Gasteiger partial charge < -0.3 is 15.5 Å². The number of amides is 4. The second kappa shape index (κ2) is 11.7. The van der Waals surface area contributed by atoms with Gasteiger partial charge in [0.1, 0.15) is 6.54 Å². The Kier molecular flexibility index (Phi) is 8.72. The largest absolute Gasteiger partial charge is 0.353 e. The molecule has 9 nitrogen and oxygen atoms in total. The second-order valence-electron chi connectivity index (χ2n) is 8.55. The smallest absolute Gasteiger partial charge is 0.294 e. The first kappa shape index (κ1) is 26.0. The van der Waals surface area contributed by atoms with Crippen LogP contribution >= 0.6 is 35.0 Å². The molecule has 188 valence electrons.